The number of halogens is 1. The van der Waals surface area contributed by atoms with Gasteiger partial charge in [-0.15, -0.1) is 0 Å². The predicted octanol–water partition coefficient (Wildman–Crippen LogP) is 2.06. The molecule has 7 nitrogen and oxygen atoms in total. The monoisotopic (exact) mass is 377 g/mol. The van der Waals surface area contributed by atoms with Gasteiger partial charge in [0.1, 0.15) is 11.6 Å². The average molecular weight is 378 g/mol. The molecule has 1 saturated heterocycles. The number of aryl methyl sites for hydroxylation is 1. The number of aromatic nitrogens is 2. The van der Waals surface area contributed by atoms with Gasteiger partial charge in [0.05, 0.1) is 18.8 Å². The molecule has 1 amide bonds. The molecule has 0 spiro atoms. The second kappa shape index (κ2) is 8.53. The third kappa shape index (κ3) is 4.35. The zero-order valence-corrected chi connectivity index (χ0v) is 15.8. The van der Waals surface area contributed by atoms with Gasteiger partial charge in [0.25, 0.3) is 0 Å². The fourth-order valence-corrected chi connectivity index (χ4v) is 3.37. The SMILES string of the molecule is COc1ccc(Cl)cc1NC(=O)CCN1CCNCC1c1nccn1C. The number of carbonyl (C=O) groups is 1. The summed E-state index contributed by atoms with van der Waals surface area (Å²) in [6, 6.07) is 5.33. The van der Waals surface area contributed by atoms with Crippen LogP contribution in [-0.2, 0) is 11.8 Å². The van der Waals surface area contributed by atoms with Crippen molar-refractivity contribution in [1.29, 1.82) is 0 Å². The summed E-state index contributed by atoms with van der Waals surface area (Å²) >= 11 is 6.02. The van der Waals surface area contributed by atoms with Crippen molar-refractivity contribution < 1.29 is 9.53 Å². The molecule has 0 radical (unpaired) electrons. The summed E-state index contributed by atoms with van der Waals surface area (Å²) in [6.07, 6.45) is 4.14. The van der Waals surface area contributed by atoms with E-state index in [4.69, 9.17) is 16.3 Å². The topological polar surface area (TPSA) is 71.4 Å². The van der Waals surface area contributed by atoms with E-state index in [9.17, 15) is 4.79 Å². The van der Waals surface area contributed by atoms with Gasteiger partial charge in [0, 0.05) is 57.1 Å². The maximum atomic E-state index is 12.4. The van der Waals surface area contributed by atoms with Crippen LogP contribution in [0.2, 0.25) is 5.02 Å². The second-order valence-corrected chi connectivity index (χ2v) is 6.73. The van der Waals surface area contributed by atoms with E-state index in [1.54, 1.807) is 31.5 Å². The third-order valence-corrected chi connectivity index (χ3v) is 4.81. The number of nitrogens with zero attached hydrogens (tertiary/aromatic N) is 3. The highest BCUT2D eigenvalue weighted by Gasteiger charge is 2.26. The molecule has 2 aromatic rings. The minimum absolute atomic E-state index is 0.0670. The van der Waals surface area contributed by atoms with Gasteiger partial charge in [-0.25, -0.2) is 4.98 Å². The number of benzene rings is 1. The number of ether oxygens (including phenoxy) is 1. The first kappa shape index (κ1) is 18.7. The maximum absolute atomic E-state index is 12.4. The van der Waals surface area contributed by atoms with Crippen LogP contribution in [0.4, 0.5) is 5.69 Å². The normalized spacial score (nSPS) is 17.9. The molecule has 1 unspecified atom stereocenters. The largest absolute Gasteiger partial charge is 0.495 e. The van der Waals surface area contributed by atoms with Gasteiger partial charge in [0.15, 0.2) is 0 Å². The van der Waals surface area contributed by atoms with Gasteiger partial charge in [-0.3, -0.25) is 9.69 Å². The highest BCUT2D eigenvalue weighted by atomic mass is 35.5. The van der Waals surface area contributed by atoms with Crippen molar-refractivity contribution in [2.75, 3.05) is 38.6 Å². The van der Waals surface area contributed by atoms with Crippen molar-refractivity contribution in [3.8, 4) is 5.75 Å². The van der Waals surface area contributed by atoms with Crippen molar-refractivity contribution in [2.24, 2.45) is 7.05 Å². The molecule has 140 valence electrons. The predicted molar refractivity (Wildman–Crippen MR) is 102 cm³/mol. The van der Waals surface area contributed by atoms with Crippen LogP contribution in [-0.4, -0.2) is 53.6 Å². The lowest BCUT2D eigenvalue weighted by Crippen LogP contribution is -2.47. The van der Waals surface area contributed by atoms with E-state index in [0.717, 1.165) is 25.5 Å². The molecule has 1 aliphatic heterocycles. The van der Waals surface area contributed by atoms with Crippen LogP contribution in [0.1, 0.15) is 18.3 Å². The first-order chi connectivity index (χ1) is 12.6. The highest BCUT2D eigenvalue weighted by Crippen LogP contribution is 2.28. The number of amides is 1. The zero-order chi connectivity index (χ0) is 18.5. The summed E-state index contributed by atoms with van der Waals surface area (Å²) in [4.78, 5) is 19.2. The van der Waals surface area contributed by atoms with E-state index in [0.29, 0.717) is 29.4 Å². The molecular formula is C18H24ClN5O2. The van der Waals surface area contributed by atoms with E-state index >= 15 is 0 Å². The first-order valence-corrected chi connectivity index (χ1v) is 9.01. The number of methoxy groups -OCH3 is 1. The molecule has 0 bridgehead atoms. The fraction of sp³-hybridized carbons (Fsp3) is 0.444. The summed E-state index contributed by atoms with van der Waals surface area (Å²) in [7, 11) is 3.56. The van der Waals surface area contributed by atoms with Crippen molar-refractivity contribution in [3.05, 3.63) is 41.4 Å². The van der Waals surface area contributed by atoms with Crippen LogP contribution in [0.3, 0.4) is 0 Å². The summed E-state index contributed by atoms with van der Waals surface area (Å²) < 4.78 is 7.30. The molecule has 3 rings (SSSR count). The van der Waals surface area contributed by atoms with Crippen molar-refractivity contribution >= 4 is 23.2 Å². The molecule has 2 N–H and O–H groups in total. The van der Waals surface area contributed by atoms with Gasteiger partial charge >= 0.3 is 0 Å². The number of imidazole rings is 1. The Kier molecular flexibility index (Phi) is 6.13. The van der Waals surface area contributed by atoms with Gasteiger partial charge < -0.3 is 19.9 Å². The number of rotatable bonds is 6. The van der Waals surface area contributed by atoms with Crippen LogP contribution < -0.4 is 15.4 Å². The number of carbonyl (C=O) groups excluding carboxylic acids is 1. The van der Waals surface area contributed by atoms with Crippen LogP contribution in [0.25, 0.3) is 0 Å². The lowest BCUT2D eigenvalue weighted by Gasteiger charge is -2.35. The van der Waals surface area contributed by atoms with Crippen LogP contribution in [0.5, 0.6) is 5.75 Å². The molecule has 1 fully saturated rings. The van der Waals surface area contributed by atoms with Gasteiger partial charge in [-0.05, 0) is 18.2 Å². The van der Waals surface area contributed by atoms with E-state index in [2.05, 4.69) is 20.5 Å². The van der Waals surface area contributed by atoms with Crippen molar-refractivity contribution in [1.82, 2.24) is 19.8 Å². The number of nitrogens with one attached hydrogen (secondary N) is 2. The smallest absolute Gasteiger partial charge is 0.225 e. The minimum atomic E-state index is -0.0670. The Hall–Kier alpha value is -2.09. The molecule has 1 aliphatic rings. The molecule has 26 heavy (non-hydrogen) atoms. The molecule has 2 heterocycles. The van der Waals surface area contributed by atoms with E-state index in [1.165, 1.54) is 0 Å². The Morgan fingerprint density at radius 2 is 2.35 bits per heavy atom. The summed E-state index contributed by atoms with van der Waals surface area (Å²) in [5.41, 5.74) is 0.589. The van der Waals surface area contributed by atoms with Gasteiger partial charge in [0.2, 0.25) is 5.91 Å². The minimum Gasteiger partial charge on any atom is -0.495 e. The van der Waals surface area contributed by atoms with Crippen LogP contribution in [0.15, 0.2) is 30.6 Å². The molecule has 0 saturated carbocycles. The Balaban J connectivity index is 1.61. The summed E-state index contributed by atoms with van der Waals surface area (Å²) in [5, 5.41) is 6.85. The first-order valence-electron chi connectivity index (χ1n) is 8.64. The third-order valence-electron chi connectivity index (χ3n) is 4.57. The molecule has 1 aromatic heterocycles. The Morgan fingerprint density at radius 1 is 1.50 bits per heavy atom. The number of hydrogen-bond donors (Lipinski definition) is 2. The molecular weight excluding hydrogens is 354 g/mol. The van der Waals surface area contributed by atoms with Crippen molar-refractivity contribution in [3.63, 3.8) is 0 Å². The number of anilines is 1. The lowest BCUT2D eigenvalue weighted by molar-refractivity contribution is -0.116. The van der Waals surface area contributed by atoms with Crippen LogP contribution in [0, 0.1) is 0 Å². The zero-order valence-electron chi connectivity index (χ0n) is 15.0. The Bertz CT molecular complexity index is 764. The number of hydrogen-bond acceptors (Lipinski definition) is 5. The quantitative estimate of drug-likeness (QED) is 0.806. The van der Waals surface area contributed by atoms with E-state index in [-0.39, 0.29) is 11.9 Å². The van der Waals surface area contributed by atoms with Gasteiger partial charge in [-0.1, -0.05) is 11.6 Å². The van der Waals surface area contributed by atoms with E-state index in [1.807, 2.05) is 17.8 Å². The highest BCUT2D eigenvalue weighted by molar-refractivity contribution is 6.31. The molecule has 1 atom stereocenters. The second-order valence-electron chi connectivity index (χ2n) is 6.30. The molecule has 8 heteroatoms. The Morgan fingerprint density at radius 3 is 3.08 bits per heavy atom. The average Bonchev–Trinajstić information content (AvgIpc) is 3.06. The standard InChI is InChI=1S/C18H24ClN5O2/c1-23-9-7-21-18(23)15-12-20-6-10-24(15)8-5-17(25)22-14-11-13(19)3-4-16(14)26-2/h3-4,7,9,11,15,20H,5-6,8,10,12H2,1-2H3,(H,22,25). The lowest BCUT2D eigenvalue weighted by atomic mass is 10.1. The van der Waals surface area contributed by atoms with E-state index < -0.39 is 0 Å². The Labute approximate surface area is 158 Å². The van der Waals surface area contributed by atoms with Gasteiger partial charge in [-0.2, -0.15) is 0 Å². The summed E-state index contributed by atoms with van der Waals surface area (Å²) in [6.45, 7) is 3.28. The maximum Gasteiger partial charge on any atom is 0.225 e. The van der Waals surface area contributed by atoms with Crippen molar-refractivity contribution in [2.45, 2.75) is 12.5 Å². The fourth-order valence-electron chi connectivity index (χ4n) is 3.20. The van der Waals surface area contributed by atoms with Crippen LogP contribution >= 0.6 is 11.6 Å². The number of piperazine rings is 1. The molecule has 1 aromatic carbocycles. The molecule has 0 aliphatic carbocycles. The summed E-state index contributed by atoms with van der Waals surface area (Å²) in [5.74, 6) is 1.53.